The topological polar surface area (TPSA) is 61.5 Å². The second-order valence-electron chi connectivity index (χ2n) is 4.52. The van der Waals surface area contributed by atoms with Gasteiger partial charge < -0.3 is 15.2 Å². The monoisotopic (exact) mass is 289 g/mol. The predicted molar refractivity (Wildman–Crippen MR) is 78.4 cm³/mol. The number of benzene rings is 2. The average Bonchev–Trinajstić information content (AvgIpc) is 2.47. The first kappa shape index (κ1) is 14.8. The van der Waals surface area contributed by atoms with E-state index in [0.717, 1.165) is 0 Å². The maximum Gasteiger partial charge on any atom is 0.169 e. The van der Waals surface area contributed by atoms with Crippen LogP contribution >= 0.6 is 0 Å². The zero-order valence-electron chi connectivity index (χ0n) is 11.9. The Bertz CT molecular complexity index is 671. The van der Waals surface area contributed by atoms with Crippen molar-refractivity contribution in [1.29, 1.82) is 0 Å². The van der Waals surface area contributed by atoms with Crippen molar-refractivity contribution in [3.05, 3.63) is 53.3 Å². The average molecular weight is 289 g/mol. The fraction of sp³-hybridized carbons (Fsp3) is 0.188. The number of carbonyl (C=O) groups is 1. The number of anilines is 1. The highest BCUT2D eigenvalue weighted by Gasteiger charge is 2.13. The van der Waals surface area contributed by atoms with Crippen molar-refractivity contribution in [2.24, 2.45) is 0 Å². The number of ether oxygens (including phenoxy) is 2. The first-order chi connectivity index (χ1) is 10.0. The molecule has 0 radical (unpaired) electrons. The molecule has 0 aliphatic rings. The van der Waals surface area contributed by atoms with Crippen LogP contribution in [0, 0.1) is 5.82 Å². The molecule has 0 aliphatic carbocycles. The van der Waals surface area contributed by atoms with Crippen LogP contribution in [0.2, 0.25) is 0 Å². The number of carbonyl (C=O) groups excluding carboxylic acids is 1. The first-order valence-corrected chi connectivity index (χ1v) is 6.34. The molecule has 0 amide bonds. The minimum atomic E-state index is -0.495. The summed E-state index contributed by atoms with van der Waals surface area (Å²) in [4.78, 5) is 12.2. The molecular weight excluding hydrogens is 273 g/mol. The first-order valence-electron chi connectivity index (χ1n) is 6.34. The van der Waals surface area contributed by atoms with Gasteiger partial charge in [-0.15, -0.1) is 0 Å². The van der Waals surface area contributed by atoms with Crippen molar-refractivity contribution < 1.29 is 18.7 Å². The molecule has 0 spiro atoms. The zero-order chi connectivity index (χ0) is 15.4. The number of halogens is 1. The minimum absolute atomic E-state index is 0.0669. The lowest BCUT2D eigenvalue weighted by molar-refractivity contribution is 0.0993. The Morgan fingerprint density at radius 2 is 1.90 bits per heavy atom. The lowest BCUT2D eigenvalue weighted by atomic mass is 10.0. The third-order valence-electron chi connectivity index (χ3n) is 3.14. The van der Waals surface area contributed by atoms with Gasteiger partial charge in [0.15, 0.2) is 17.3 Å². The molecule has 0 bridgehead atoms. The fourth-order valence-corrected chi connectivity index (χ4v) is 2.02. The Labute approximate surface area is 122 Å². The summed E-state index contributed by atoms with van der Waals surface area (Å²) in [5.74, 6) is 0.0555. The van der Waals surface area contributed by atoms with Crippen LogP contribution in [0.15, 0.2) is 36.4 Å². The number of rotatable bonds is 5. The molecule has 0 saturated heterocycles. The van der Waals surface area contributed by atoms with E-state index in [9.17, 15) is 9.18 Å². The fourth-order valence-electron chi connectivity index (χ4n) is 2.02. The van der Waals surface area contributed by atoms with Crippen molar-refractivity contribution in [2.75, 3.05) is 20.0 Å². The van der Waals surface area contributed by atoms with Gasteiger partial charge in [0.25, 0.3) is 0 Å². The number of nitrogens with two attached hydrogens (primary N) is 1. The molecule has 2 N–H and O–H groups in total. The van der Waals surface area contributed by atoms with Crippen LogP contribution in [0.3, 0.4) is 0 Å². The number of hydrogen-bond acceptors (Lipinski definition) is 4. The minimum Gasteiger partial charge on any atom is -0.497 e. The van der Waals surface area contributed by atoms with Gasteiger partial charge in [-0.25, -0.2) is 4.39 Å². The molecule has 0 heterocycles. The lowest BCUT2D eigenvalue weighted by Crippen LogP contribution is -2.07. The summed E-state index contributed by atoms with van der Waals surface area (Å²) in [5, 5.41) is 0. The van der Waals surface area contributed by atoms with Crippen LogP contribution in [-0.2, 0) is 6.42 Å². The largest absolute Gasteiger partial charge is 0.497 e. The van der Waals surface area contributed by atoms with Gasteiger partial charge in [-0.05, 0) is 29.8 Å². The predicted octanol–water partition coefficient (Wildman–Crippen LogP) is 2.85. The highest BCUT2D eigenvalue weighted by atomic mass is 19.1. The Kier molecular flexibility index (Phi) is 4.42. The lowest BCUT2D eigenvalue weighted by Gasteiger charge is -2.08. The quantitative estimate of drug-likeness (QED) is 0.679. The van der Waals surface area contributed by atoms with E-state index in [1.165, 1.54) is 26.4 Å². The van der Waals surface area contributed by atoms with Gasteiger partial charge in [0.05, 0.1) is 14.2 Å². The van der Waals surface area contributed by atoms with E-state index in [1.54, 1.807) is 24.3 Å². The van der Waals surface area contributed by atoms with Crippen molar-refractivity contribution in [3.63, 3.8) is 0 Å². The van der Waals surface area contributed by atoms with Crippen LogP contribution in [0.25, 0.3) is 0 Å². The van der Waals surface area contributed by atoms with E-state index >= 15 is 0 Å². The summed E-state index contributed by atoms with van der Waals surface area (Å²) in [7, 11) is 2.91. The summed E-state index contributed by atoms with van der Waals surface area (Å²) in [6.45, 7) is 0. The molecule has 0 atom stereocenters. The molecule has 110 valence electrons. The van der Waals surface area contributed by atoms with Crippen LogP contribution in [0.5, 0.6) is 11.5 Å². The van der Waals surface area contributed by atoms with Gasteiger partial charge in [0.2, 0.25) is 0 Å². The number of methoxy groups -OCH3 is 2. The van der Waals surface area contributed by atoms with Crippen molar-refractivity contribution in [2.45, 2.75) is 6.42 Å². The molecule has 5 heteroatoms. The van der Waals surface area contributed by atoms with Crippen LogP contribution < -0.4 is 15.2 Å². The van der Waals surface area contributed by atoms with Crippen molar-refractivity contribution in [1.82, 2.24) is 0 Å². The summed E-state index contributed by atoms with van der Waals surface area (Å²) in [5.41, 5.74) is 7.13. The molecule has 0 unspecified atom stereocenters. The summed E-state index contributed by atoms with van der Waals surface area (Å²) in [6.07, 6.45) is 0.0669. The summed E-state index contributed by atoms with van der Waals surface area (Å²) >= 11 is 0. The molecule has 4 nitrogen and oxygen atoms in total. The van der Waals surface area contributed by atoms with Gasteiger partial charge in [-0.3, -0.25) is 4.79 Å². The zero-order valence-corrected chi connectivity index (χ0v) is 11.9. The Morgan fingerprint density at radius 1 is 1.14 bits per heavy atom. The van der Waals surface area contributed by atoms with Crippen LogP contribution in [-0.4, -0.2) is 20.0 Å². The highest BCUT2D eigenvalue weighted by molar-refractivity contribution is 6.02. The summed E-state index contributed by atoms with van der Waals surface area (Å²) < 4.78 is 23.5. The van der Waals surface area contributed by atoms with E-state index in [2.05, 4.69) is 0 Å². The molecule has 2 rings (SSSR count). The number of ketones is 1. The third-order valence-corrected chi connectivity index (χ3v) is 3.14. The molecule has 2 aromatic carbocycles. The molecule has 2 aromatic rings. The Balaban J connectivity index is 2.20. The van der Waals surface area contributed by atoms with E-state index in [0.29, 0.717) is 22.6 Å². The van der Waals surface area contributed by atoms with Crippen molar-refractivity contribution >= 4 is 11.5 Å². The van der Waals surface area contributed by atoms with E-state index in [-0.39, 0.29) is 18.0 Å². The standard InChI is InChI=1S/C16H16FNO3/c1-20-11-4-5-12(14(18)9-11)15(19)8-10-3-6-16(21-2)13(17)7-10/h3-7,9H,8,18H2,1-2H3. The second kappa shape index (κ2) is 6.26. The molecule has 0 aromatic heterocycles. The SMILES string of the molecule is COc1ccc(C(=O)Cc2ccc(OC)c(F)c2)c(N)c1. The molecular formula is C16H16FNO3. The number of Topliss-reactive ketones (excluding diaryl/α,β-unsaturated/α-hetero) is 1. The van der Waals surface area contributed by atoms with Gasteiger partial charge in [-0.1, -0.05) is 6.07 Å². The normalized spacial score (nSPS) is 10.2. The smallest absolute Gasteiger partial charge is 0.169 e. The van der Waals surface area contributed by atoms with Crippen molar-refractivity contribution in [3.8, 4) is 11.5 Å². The molecule has 21 heavy (non-hydrogen) atoms. The Morgan fingerprint density at radius 3 is 2.48 bits per heavy atom. The van der Waals surface area contributed by atoms with E-state index in [1.807, 2.05) is 0 Å². The second-order valence-corrected chi connectivity index (χ2v) is 4.52. The number of nitrogen functional groups attached to an aromatic ring is 1. The van der Waals surface area contributed by atoms with Gasteiger partial charge in [-0.2, -0.15) is 0 Å². The number of hydrogen-bond donors (Lipinski definition) is 1. The van der Waals surface area contributed by atoms with E-state index in [4.69, 9.17) is 15.2 Å². The Hall–Kier alpha value is -2.56. The maximum absolute atomic E-state index is 13.6. The molecule has 0 fully saturated rings. The van der Waals surface area contributed by atoms with Gasteiger partial charge in [0.1, 0.15) is 5.75 Å². The molecule has 0 aliphatic heterocycles. The molecule has 0 saturated carbocycles. The maximum atomic E-state index is 13.6. The van der Waals surface area contributed by atoms with Crippen LogP contribution in [0.1, 0.15) is 15.9 Å². The van der Waals surface area contributed by atoms with E-state index < -0.39 is 5.82 Å². The van der Waals surface area contributed by atoms with Gasteiger partial charge >= 0.3 is 0 Å². The highest BCUT2D eigenvalue weighted by Crippen LogP contribution is 2.23. The third kappa shape index (κ3) is 3.31. The summed E-state index contributed by atoms with van der Waals surface area (Å²) in [6, 6.07) is 9.29. The van der Waals surface area contributed by atoms with Gasteiger partial charge in [0, 0.05) is 23.7 Å². The van der Waals surface area contributed by atoms with Crippen LogP contribution in [0.4, 0.5) is 10.1 Å².